The van der Waals surface area contributed by atoms with E-state index < -0.39 is 5.92 Å². The molecule has 1 unspecified atom stereocenters. The van der Waals surface area contributed by atoms with Crippen LogP contribution in [0.4, 0.5) is 0 Å². The number of ether oxygens (including phenoxy) is 2. The Morgan fingerprint density at radius 2 is 1.68 bits per heavy atom. The molecule has 3 rings (SSSR count). The van der Waals surface area contributed by atoms with E-state index in [0.717, 1.165) is 11.3 Å². The predicted molar refractivity (Wildman–Crippen MR) is 104 cm³/mol. The molecular formula is C21H28N2O5. The van der Waals surface area contributed by atoms with Crippen molar-refractivity contribution < 1.29 is 24.2 Å². The molecule has 1 amide bonds. The number of benzene rings is 1. The van der Waals surface area contributed by atoms with Crippen LogP contribution in [-0.2, 0) is 9.59 Å². The summed E-state index contributed by atoms with van der Waals surface area (Å²) in [7, 11) is 6.52. The Morgan fingerprint density at radius 1 is 1.11 bits per heavy atom. The lowest BCUT2D eigenvalue weighted by molar-refractivity contribution is -0.143. The van der Waals surface area contributed by atoms with E-state index in [9.17, 15) is 14.7 Å². The molecular weight excluding hydrogens is 360 g/mol. The van der Waals surface area contributed by atoms with Crippen LogP contribution in [0.25, 0.3) is 0 Å². The molecule has 1 atom stereocenters. The maximum Gasteiger partial charge on any atom is 0.242 e. The summed E-state index contributed by atoms with van der Waals surface area (Å²) in [5.74, 6) is -0.00108. The summed E-state index contributed by atoms with van der Waals surface area (Å²) in [6.07, 6.45) is 1.24. The number of hydrazine groups is 1. The van der Waals surface area contributed by atoms with Crippen LogP contribution in [-0.4, -0.2) is 55.1 Å². The quantitative estimate of drug-likeness (QED) is 0.854. The zero-order valence-corrected chi connectivity index (χ0v) is 17.3. The summed E-state index contributed by atoms with van der Waals surface area (Å²) in [5, 5.41) is 13.6. The van der Waals surface area contributed by atoms with Gasteiger partial charge in [0.1, 0.15) is 0 Å². The van der Waals surface area contributed by atoms with E-state index in [1.165, 1.54) is 14.2 Å². The third-order valence-electron chi connectivity index (χ3n) is 5.42. The van der Waals surface area contributed by atoms with E-state index in [2.05, 4.69) is 0 Å². The Bertz CT molecular complexity index is 831. The fourth-order valence-corrected chi connectivity index (χ4v) is 4.26. The number of carbonyl (C=O) groups excluding carboxylic acids is 2. The number of nitrogens with zero attached hydrogens (tertiary/aromatic N) is 2. The standard InChI is InChI=1S/C21H28N2O5/c1-21(2)10-14-19(15(24)11-21)13(9-18(25)23(14)22(3)4)12-7-16(27-5)20(26)17(8-12)28-6/h7-8,13,26H,9-11H2,1-6H3. The molecule has 1 aromatic carbocycles. The highest BCUT2D eigenvalue weighted by molar-refractivity contribution is 6.02. The maximum atomic E-state index is 13.2. The number of phenolic OH excluding ortho intramolecular Hbond substituents is 1. The second-order valence-corrected chi connectivity index (χ2v) is 8.38. The van der Waals surface area contributed by atoms with Crippen LogP contribution in [0.3, 0.4) is 0 Å². The minimum atomic E-state index is -0.398. The smallest absolute Gasteiger partial charge is 0.242 e. The van der Waals surface area contributed by atoms with Crippen molar-refractivity contribution in [3.05, 3.63) is 29.0 Å². The first-order chi connectivity index (χ1) is 13.1. The fraction of sp³-hybridized carbons (Fsp3) is 0.524. The number of hydrogen-bond donors (Lipinski definition) is 1. The van der Waals surface area contributed by atoms with Crippen LogP contribution in [0.15, 0.2) is 23.4 Å². The van der Waals surface area contributed by atoms with Crippen LogP contribution in [0.1, 0.15) is 44.6 Å². The summed E-state index contributed by atoms with van der Waals surface area (Å²) < 4.78 is 10.5. The first-order valence-corrected chi connectivity index (χ1v) is 9.31. The molecule has 1 aliphatic heterocycles. The van der Waals surface area contributed by atoms with Crippen LogP contribution < -0.4 is 9.47 Å². The van der Waals surface area contributed by atoms with Gasteiger partial charge >= 0.3 is 0 Å². The predicted octanol–water partition coefficient (Wildman–Crippen LogP) is 2.85. The molecule has 0 fully saturated rings. The number of amides is 1. The van der Waals surface area contributed by atoms with E-state index in [-0.39, 0.29) is 40.8 Å². The van der Waals surface area contributed by atoms with Gasteiger partial charge in [-0.2, -0.15) is 0 Å². The van der Waals surface area contributed by atoms with Crippen LogP contribution in [0.2, 0.25) is 0 Å². The van der Waals surface area contributed by atoms with E-state index in [0.29, 0.717) is 18.4 Å². The van der Waals surface area contributed by atoms with Crippen LogP contribution in [0, 0.1) is 5.41 Å². The minimum Gasteiger partial charge on any atom is -0.502 e. The van der Waals surface area contributed by atoms with E-state index in [4.69, 9.17) is 9.47 Å². The molecule has 1 aromatic rings. The van der Waals surface area contributed by atoms with Gasteiger partial charge in [0.25, 0.3) is 0 Å². The molecule has 1 N–H and O–H groups in total. The summed E-state index contributed by atoms with van der Waals surface area (Å²) in [4.78, 5) is 26.1. The highest BCUT2D eigenvalue weighted by Gasteiger charge is 2.44. The first kappa shape index (κ1) is 20.2. The van der Waals surface area contributed by atoms with Gasteiger partial charge in [0.05, 0.1) is 14.2 Å². The number of hydrogen-bond acceptors (Lipinski definition) is 6. The van der Waals surface area contributed by atoms with Gasteiger partial charge in [-0.25, -0.2) is 10.0 Å². The second-order valence-electron chi connectivity index (χ2n) is 8.38. The Morgan fingerprint density at radius 3 is 2.18 bits per heavy atom. The molecule has 0 aromatic heterocycles. The fourth-order valence-electron chi connectivity index (χ4n) is 4.26. The largest absolute Gasteiger partial charge is 0.502 e. The molecule has 0 radical (unpaired) electrons. The number of allylic oxidation sites excluding steroid dienone is 2. The lowest BCUT2D eigenvalue weighted by Crippen LogP contribution is -2.49. The monoisotopic (exact) mass is 388 g/mol. The van der Waals surface area contributed by atoms with E-state index >= 15 is 0 Å². The van der Waals surface area contributed by atoms with Crippen molar-refractivity contribution in [1.82, 2.24) is 10.0 Å². The zero-order valence-electron chi connectivity index (χ0n) is 17.3. The number of Topliss-reactive ketones (excluding diaryl/α,β-unsaturated/α-hetero) is 1. The molecule has 1 heterocycles. The van der Waals surface area contributed by atoms with Gasteiger partial charge in [0.15, 0.2) is 17.3 Å². The van der Waals surface area contributed by atoms with E-state index in [1.807, 2.05) is 27.9 Å². The number of ketones is 1. The third kappa shape index (κ3) is 3.35. The highest BCUT2D eigenvalue weighted by atomic mass is 16.5. The Labute approximate surface area is 165 Å². The lowest BCUT2D eigenvalue weighted by Gasteiger charge is -2.44. The summed E-state index contributed by atoms with van der Waals surface area (Å²) in [6, 6.07) is 3.36. The summed E-state index contributed by atoms with van der Waals surface area (Å²) >= 11 is 0. The number of methoxy groups -OCH3 is 2. The summed E-state index contributed by atoms with van der Waals surface area (Å²) in [6.45, 7) is 4.09. The topological polar surface area (TPSA) is 79.3 Å². The third-order valence-corrected chi connectivity index (χ3v) is 5.42. The minimum absolute atomic E-state index is 0.0570. The molecule has 2 aliphatic rings. The molecule has 7 nitrogen and oxygen atoms in total. The molecule has 152 valence electrons. The Balaban J connectivity index is 2.21. The first-order valence-electron chi connectivity index (χ1n) is 9.31. The number of carbonyl (C=O) groups is 2. The lowest BCUT2D eigenvalue weighted by atomic mass is 9.69. The molecule has 0 saturated carbocycles. The van der Waals surface area contributed by atoms with Crippen molar-refractivity contribution in [3.63, 3.8) is 0 Å². The van der Waals surface area contributed by atoms with Gasteiger partial charge in [-0.15, -0.1) is 0 Å². The second kappa shape index (κ2) is 7.13. The molecule has 28 heavy (non-hydrogen) atoms. The molecule has 7 heteroatoms. The van der Waals surface area contributed by atoms with Crippen molar-refractivity contribution >= 4 is 11.7 Å². The zero-order chi connectivity index (χ0) is 20.8. The average Bonchev–Trinajstić information content (AvgIpc) is 2.59. The number of phenols is 1. The van der Waals surface area contributed by atoms with Gasteiger partial charge in [0.2, 0.25) is 11.7 Å². The average molecular weight is 388 g/mol. The van der Waals surface area contributed by atoms with Crippen molar-refractivity contribution in [1.29, 1.82) is 0 Å². The van der Waals surface area contributed by atoms with Crippen LogP contribution >= 0.6 is 0 Å². The van der Waals surface area contributed by atoms with Crippen molar-refractivity contribution in [2.75, 3.05) is 28.3 Å². The van der Waals surface area contributed by atoms with E-state index in [1.54, 1.807) is 22.2 Å². The van der Waals surface area contributed by atoms with Gasteiger partial charge in [-0.1, -0.05) is 13.8 Å². The van der Waals surface area contributed by atoms with Gasteiger partial charge in [0, 0.05) is 44.1 Å². The SMILES string of the molecule is COc1cc(C2CC(=O)N(N(C)C)C3=C2C(=O)CC(C)(C)C3)cc(OC)c1O. The summed E-state index contributed by atoms with van der Waals surface area (Å²) in [5.41, 5.74) is 1.94. The Hall–Kier alpha value is -2.54. The molecule has 0 saturated heterocycles. The molecule has 1 aliphatic carbocycles. The molecule has 0 spiro atoms. The Kier molecular flexibility index (Phi) is 5.14. The molecule has 0 bridgehead atoms. The van der Waals surface area contributed by atoms with Gasteiger partial charge < -0.3 is 14.6 Å². The van der Waals surface area contributed by atoms with Crippen LogP contribution in [0.5, 0.6) is 17.2 Å². The van der Waals surface area contributed by atoms with Crippen molar-refractivity contribution in [2.45, 2.75) is 39.0 Å². The maximum absolute atomic E-state index is 13.2. The number of rotatable bonds is 4. The van der Waals surface area contributed by atoms with Gasteiger partial charge in [-0.3, -0.25) is 9.59 Å². The van der Waals surface area contributed by atoms with Gasteiger partial charge in [-0.05, 0) is 29.5 Å². The normalized spacial score (nSPS) is 21.8. The number of aromatic hydroxyl groups is 1. The van der Waals surface area contributed by atoms with Crippen molar-refractivity contribution in [2.24, 2.45) is 5.41 Å². The van der Waals surface area contributed by atoms with Crippen molar-refractivity contribution in [3.8, 4) is 17.2 Å². The highest BCUT2D eigenvalue weighted by Crippen LogP contribution is 2.49.